The lowest BCUT2D eigenvalue weighted by atomic mass is 10.1. The minimum Gasteiger partial charge on any atom is -0.295 e. The van der Waals surface area contributed by atoms with Crippen LogP contribution in [0.15, 0.2) is 42.0 Å². The first kappa shape index (κ1) is 9.84. The highest BCUT2D eigenvalue weighted by molar-refractivity contribution is 6.10. The number of carbonyl (C=O) groups is 2. The molecule has 76 valence electrons. The van der Waals surface area contributed by atoms with Crippen LogP contribution < -0.4 is 0 Å². The Hall–Kier alpha value is -1.70. The Balaban J connectivity index is 2.20. The van der Waals surface area contributed by atoms with Gasteiger partial charge in [-0.1, -0.05) is 30.3 Å². The minimum atomic E-state index is -0.0687. The zero-order valence-electron chi connectivity index (χ0n) is 8.40. The van der Waals surface area contributed by atoms with Crippen LogP contribution in [0.1, 0.15) is 29.6 Å². The number of rotatable bonds is 2. The van der Waals surface area contributed by atoms with Crippen molar-refractivity contribution in [3.63, 3.8) is 0 Å². The topological polar surface area (TPSA) is 34.1 Å². The van der Waals surface area contributed by atoms with E-state index in [2.05, 4.69) is 0 Å². The predicted octanol–water partition coefficient (Wildman–Crippen LogP) is 2.55. The summed E-state index contributed by atoms with van der Waals surface area (Å²) >= 11 is 0. The summed E-state index contributed by atoms with van der Waals surface area (Å²) in [6, 6.07) is 9.03. The summed E-state index contributed by atoms with van der Waals surface area (Å²) in [5.41, 5.74) is 1.33. The molecule has 0 radical (unpaired) electrons. The highest BCUT2D eigenvalue weighted by Gasteiger charge is 2.18. The Labute approximate surface area is 88.6 Å². The van der Waals surface area contributed by atoms with E-state index in [1.165, 1.54) is 6.08 Å². The summed E-state index contributed by atoms with van der Waals surface area (Å²) in [5.74, 6) is 0.0557. The molecule has 1 aromatic carbocycles. The fraction of sp³-hybridized carbons (Fsp3) is 0.231. The van der Waals surface area contributed by atoms with Gasteiger partial charge in [-0.15, -0.1) is 0 Å². The molecule has 0 bridgehead atoms. The van der Waals surface area contributed by atoms with E-state index in [9.17, 15) is 9.59 Å². The van der Waals surface area contributed by atoms with Crippen LogP contribution >= 0.6 is 0 Å². The van der Waals surface area contributed by atoms with Crippen molar-refractivity contribution in [3.05, 3.63) is 47.5 Å². The summed E-state index contributed by atoms with van der Waals surface area (Å²) < 4.78 is 0. The summed E-state index contributed by atoms with van der Waals surface area (Å²) in [7, 11) is 0. The molecule has 0 atom stereocenters. The third-order valence-electron chi connectivity index (χ3n) is 2.57. The molecule has 1 aliphatic carbocycles. The van der Waals surface area contributed by atoms with Gasteiger partial charge in [0, 0.05) is 12.0 Å². The lowest BCUT2D eigenvalue weighted by molar-refractivity contribution is -0.114. The van der Waals surface area contributed by atoms with E-state index in [-0.39, 0.29) is 11.6 Å². The molecular weight excluding hydrogens is 188 g/mol. The maximum absolute atomic E-state index is 11.7. The smallest absolute Gasteiger partial charge is 0.186 e. The third-order valence-corrected chi connectivity index (χ3v) is 2.57. The van der Waals surface area contributed by atoms with Crippen molar-refractivity contribution in [1.82, 2.24) is 0 Å². The number of allylic oxidation sites excluding steroid dienone is 2. The molecule has 0 saturated heterocycles. The monoisotopic (exact) mass is 200 g/mol. The third kappa shape index (κ3) is 2.21. The SMILES string of the molecule is O=C1CCC/C1=C\C(=O)c1ccccc1. The maximum atomic E-state index is 11.7. The van der Waals surface area contributed by atoms with Gasteiger partial charge in [-0.25, -0.2) is 0 Å². The van der Waals surface area contributed by atoms with Gasteiger partial charge in [0.2, 0.25) is 0 Å². The second kappa shape index (κ2) is 4.22. The highest BCUT2D eigenvalue weighted by atomic mass is 16.1. The van der Waals surface area contributed by atoms with E-state index in [1.807, 2.05) is 18.2 Å². The summed E-state index contributed by atoms with van der Waals surface area (Å²) in [6.07, 6.45) is 3.71. The molecule has 0 N–H and O–H groups in total. The van der Waals surface area contributed by atoms with Crippen LogP contribution in [-0.2, 0) is 4.79 Å². The van der Waals surface area contributed by atoms with Crippen molar-refractivity contribution in [2.75, 3.05) is 0 Å². The van der Waals surface area contributed by atoms with Crippen molar-refractivity contribution in [2.45, 2.75) is 19.3 Å². The summed E-state index contributed by atoms with van der Waals surface area (Å²) in [4.78, 5) is 23.0. The fourth-order valence-corrected chi connectivity index (χ4v) is 1.74. The van der Waals surface area contributed by atoms with Crippen molar-refractivity contribution >= 4 is 11.6 Å². The highest BCUT2D eigenvalue weighted by Crippen LogP contribution is 2.20. The zero-order valence-corrected chi connectivity index (χ0v) is 8.40. The lowest BCUT2D eigenvalue weighted by Gasteiger charge is -1.96. The van der Waals surface area contributed by atoms with Crippen LogP contribution in [0.3, 0.4) is 0 Å². The first-order valence-corrected chi connectivity index (χ1v) is 5.10. The second-order valence-corrected chi connectivity index (χ2v) is 3.68. The van der Waals surface area contributed by atoms with Crippen LogP contribution in [0, 0.1) is 0 Å². The van der Waals surface area contributed by atoms with E-state index in [0.29, 0.717) is 17.6 Å². The molecule has 1 aliphatic rings. The van der Waals surface area contributed by atoms with Gasteiger partial charge in [0.05, 0.1) is 0 Å². The number of Topliss-reactive ketones (excluding diaryl/α,β-unsaturated/α-hetero) is 1. The van der Waals surface area contributed by atoms with Crippen LogP contribution in [0.2, 0.25) is 0 Å². The van der Waals surface area contributed by atoms with E-state index in [4.69, 9.17) is 0 Å². The molecule has 2 heteroatoms. The molecule has 0 spiro atoms. The van der Waals surface area contributed by atoms with E-state index < -0.39 is 0 Å². The van der Waals surface area contributed by atoms with Gasteiger partial charge in [0.1, 0.15) is 0 Å². The Kier molecular flexibility index (Phi) is 2.77. The Morgan fingerprint density at radius 3 is 2.47 bits per heavy atom. The van der Waals surface area contributed by atoms with Crippen molar-refractivity contribution < 1.29 is 9.59 Å². The number of hydrogen-bond donors (Lipinski definition) is 0. The molecular formula is C13H12O2. The van der Waals surface area contributed by atoms with Crippen molar-refractivity contribution in [1.29, 1.82) is 0 Å². The molecule has 0 aliphatic heterocycles. The fourth-order valence-electron chi connectivity index (χ4n) is 1.74. The van der Waals surface area contributed by atoms with Gasteiger partial charge in [0.15, 0.2) is 11.6 Å². The standard InChI is InChI=1S/C13H12O2/c14-12-8-4-7-11(12)9-13(15)10-5-2-1-3-6-10/h1-3,5-6,9H,4,7-8H2/b11-9+. The minimum absolute atomic E-state index is 0.0687. The number of carbonyl (C=O) groups excluding carboxylic acids is 2. The van der Waals surface area contributed by atoms with Gasteiger partial charge in [0.25, 0.3) is 0 Å². The van der Waals surface area contributed by atoms with Gasteiger partial charge in [-0.05, 0) is 24.5 Å². The molecule has 1 aromatic rings. The molecule has 0 aromatic heterocycles. The Morgan fingerprint density at radius 2 is 1.87 bits per heavy atom. The first-order chi connectivity index (χ1) is 7.27. The van der Waals surface area contributed by atoms with Gasteiger partial charge in [-0.2, -0.15) is 0 Å². The van der Waals surface area contributed by atoms with Crippen LogP contribution in [0.5, 0.6) is 0 Å². The summed E-state index contributed by atoms with van der Waals surface area (Å²) in [5, 5.41) is 0. The maximum Gasteiger partial charge on any atom is 0.186 e. The second-order valence-electron chi connectivity index (χ2n) is 3.68. The average Bonchev–Trinajstić information content (AvgIpc) is 2.66. The summed E-state index contributed by atoms with van der Waals surface area (Å²) in [6.45, 7) is 0. The van der Waals surface area contributed by atoms with E-state index >= 15 is 0 Å². The average molecular weight is 200 g/mol. The number of hydrogen-bond acceptors (Lipinski definition) is 2. The Bertz CT molecular complexity index is 415. The van der Waals surface area contributed by atoms with E-state index in [1.54, 1.807) is 12.1 Å². The zero-order chi connectivity index (χ0) is 10.7. The van der Waals surface area contributed by atoms with Gasteiger partial charge >= 0.3 is 0 Å². The molecule has 0 amide bonds. The lowest BCUT2D eigenvalue weighted by Crippen LogP contribution is -1.99. The molecule has 1 fully saturated rings. The molecule has 2 rings (SSSR count). The van der Waals surface area contributed by atoms with Crippen LogP contribution in [0.25, 0.3) is 0 Å². The number of benzene rings is 1. The molecule has 15 heavy (non-hydrogen) atoms. The molecule has 1 saturated carbocycles. The van der Waals surface area contributed by atoms with Gasteiger partial charge < -0.3 is 0 Å². The number of ketones is 2. The molecule has 0 unspecified atom stereocenters. The van der Waals surface area contributed by atoms with Crippen molar-refractivity contribution in [2.24, 2.45) is 0 Å². The largest absolute Gasteiger partial charge is 0.295 e. The van der Waals surface area contributed by atoms with Crippen molar-refractivity contribution in [3.8, 4) is 0 Å². The van der Waals surface area contributed by atoms with E-state index in [0.717, 1.165) is 12.8 Å². The van der Waals surface area contributed by atoms with Gasteiger partial charge in [-0.3, -0.25) is 9.59 Å². The molecule has 0 heterocycles. The van der Waals surface area contributed by atoms with Crippen LogP contribution in [0.4, 0.5) is 0 Å². The normalized spacial score (nSPS) is 18.4. The van der Waals surface area contributed by atoms with Crippen LogP contribution in [-0.4, -0.2) is 11.6 Å². The first-order valence-electron chi connectivity index (χ1n) is 5.10. The predicted molar refractivity (Wildman–Crippen MR) is 57.7 cm³/mol. The quantitative estimate of drug-likeness (QED) is 0.543. The Morgan fingerprint density at radius 1 is 1.13 bits per heavy atom. The molecule has 2 nitrogen and oxygen atoms in total.